The summed E-state index contributed by atoms with van der Waals surface area (Å²) in [6.07, 6.45) is 2.24. The zero-order valence-electron chi connectivity index (χ0n) is 11.0. The number of pyridine rings is 1. The number of benzene rings is 1. The van der Waals surface area contributed by atoms with Crippen molar-refractivity contribution in [2.24, 2.45) is 0 Å². The zero-order chi connectivity index (χ0) is 14.0. The summed E-state index contributed by atoms with van der Waals surface area (Å²) < 4.78 is 0. The lowest BCUT2D eigenvalue weighted by molar-refractivity contribution is -0.114. The van der Waals surface area contributed by atoms with E-state index in [1.54, 1.807) is 24.3 Å². The molecule has 1 aromatic heterocycles. The van der Waals surface area contributed by atoms with Gasteiger partial charge in [0.2, 0.25) is 5.91 Å². The number of hydrogen-bond acceptors (Lipinski definition) is 2. The van der Waals surface area contributed by atoms with E-state index in [0.29, 0.717) is 23.1 Å². The summed E-state index contributed by atoms with van der Waals surface area (Å²) in [6.45, 7) is 6.98. The molecule has 0 spiro atoms. The molecule has 2 N–H and O–H groups in total. The third kappa shape index (κ3) is 2.57. The SMILES string of the molecule is C=CCc1c(C)[nH]c2ccc(NC(C)=O)cc2c1=O. The summed E-state index contributed by atoms with van der Waals surface area (Å²) in [5, 5.41) is 3.26. The van der Waals surface area contributed by atoms with Crippen molar-refractivity contribution in [3.05, 3.63) is 52.3 Å². The first-order valence-electron chi connectivity index (χ1n) is 6.07. The highest BCUT2D eigenvalue weighted by molar-refractivity contribution is 5.92. The molecule has 4 heteroatoms. The van der Waals surface area contributed by atoms with Gasteiger partial charge in [0.15, 0.2) is 5.43 Å². The number of carbonyl (C=O) groups is 1. The number of aromatic amines is 1. The Bertz CT molecular complexity index is 714. The van der Waals surface area contributed by atoms with Gasteiger partial charge in [-0.25, -0.2) is 0 Å². The van der Waals surface area contributed by atoms with Crippen LogP contribution in [-0.4, -0.2) is 10.9 Å². The Morgan fingerprint density at radius 2 is 2.21 bits per heavy atom. The highest BCUT2D eigenvalue weighted by atomic mass is 16.1. The van der Waals surface area contributed by atoms with E-state index in [4.69, 9.17) is 0 Å². The van der Waals surface area contributed by atoms with Crippen LogP contribution in [-0.2, 0) is 11.2 Å². The monoisotopic (exact) mass is 256 g/mol. The lowest BCUT2D eigenvalue weighted by Gasteiger charge is -2.08. The van der Waals surface area contributed by atoms with Gasteiger partial charge in [0.05, 0.1) is 0 Å². The molecule has 0 radical (unpaired) electrons. The molecule has 98 valence electrons. The van der Waals surface area contributed by atoms with E-state index in [2.05, 4.69) is 16.9 Å². The van der Waals surface area contributed by atoms with Crippen LogP contribution in [0.1, 0.15) is 18.2 Å². The maximum Gasteiger partial charge on any atom is 0.221 e. The Hall–Kier alpha value is -2.36. The summed E-state index contributed by atoms with van der Waals surface area (Å²) in [7, 11) is 0. The fourth-order valence-electron chi connectivity index (χ4n) is 2.12. The summed E-state index contributed by atoms with van der Waals surface area (Å²) in [4.78, 5) is 26.6. The van der Waals surface area contributed by atoms with Crippen molar-refractivity contribution < 1.29 is 4.79 Å². The van der Waals surface area contributed by atoms with Gasteiger partial charge in [-0.1, -0.05) is 6.08 Å². The van der Waals surface area contributed by atoms with Gasteiger partial charge in [0.25, 0.3) is 0 Å². The van der Waals surface area contributed by atoms with E-state index in [1.165, 1.54) is 6.92 Å². The predicted octanol–water partition coefficient (Wildman–Crippen LogP) is 2.52. The van der Waals surface area contributed by atoms with Crippen LogP contribution in [0.5, 0.6) is 0 Å². The maximum atomic E-state index is 12.4. The quantitative estimate of drug-likeness (QED) is 0.829. The number of H-pyrrole nitrogens is 1. The molecule has 0 unspecified atom stereocenters. The number of rotatable bonds is 3. The van der Waals surface area contributed by atoms with E-state index in [0.717, 1.165) is 11.2 Å². The highest BCUT2D eigenvalue weighted by Gasteiger charge is 2.09. The Morgan fingerprint density at radius 3 is 2.84 bits per heavy atom. The summed E-state index contributed by atoms with van der Waals surface area (Å²) in [5.74, 6) is -0.158. The van der Waals surface area contributed by atoms with Crippen LogP contribution >= 0.6 is 0 Å². The molecule has 1 aromatic carbocycles. The molecule has 1 amide bonds. The number of aromatic nitrogens is 1. The Balaban J connectivity index is 2.66. The second-order valence-corrected chi connectivity index (χ2v) is 4.49. The van der Waals surface area contributed by atoms with Gasteiger partial charge in [-0.15, -0.1) is 6.58 Å². The summed E-state index contributed by atoms with van der Waals surface area (Å²) in [6, 6.07) is 5.26. The van der Waals surface area contributed by atoms with Crippen LogP contribution in [0.3, 0.4) is 0 Å². The minimum absolute atomic E-state index is 0.0154. The van der Waals surface area contributed by atoms with E-state index < -0.39 is 0 Å². The van der Waals surface area contributed by atoms with Gasteiger partial charge in [-0.2, -0.15) is 0 Å². The van der Waals surface area contributed by atoms with Crippen LogP contribution in [0, 0.1) is 6.92 Å². The van der Waals surface area contributed by atoms with E-state index in [1.807, 2.05) is 6.92 Å². The first-order valence-corrected chi connectivity index (χ1v) is 6.07. The van der Waals surface area contributed by atoms with Crippen molar-refractivity contribution in [2.45, 2.75) is 20.3 Å². The van der Waals surface area contributed by atoms with Crippen LogP contribution < -0.4 is 10.7 Å². The van der Waals surface area contributed by atoms with Crippen molar-refractivity contribution in [2.75, 3.05) is 5.32 Å². The second-order valence-electron chi connectivity index (χ2n) is 4.49. The number of hydrogen-bond donors (Lipinski definition) is 2. The van der Waals surface area contributed by atoms with Gasteiger partial charge >= 0.3 is 0 Å². The molecule has 0 saturated carbocycles. The molecule has 19 heavy (non-hydrogen) atoms. The van der Waals surface area contributed by atoms with Crippen molar-refractivity contribution in [1.29, 1.82) is 0 Å². The standard InChI is InChI=1S/C15H16N2O2/c1-4-5-12-9(2)16-14-7-6-11(17-10(3)18)8-13(14)15(12)19/h4,6-8H,1,5H2,2-3H3,(H,16,19)(H,17,18). The number of fused-ring (bicyclic) bond motifs is 1. The van der Waals surface area contributed by atoms with Crippen LogP contribution in [0.4, 0.5) is 5.69 Å². The lowest BCUT2D eigenvalue weighted by atomic mass is 10.1. The van der Waals surface area contributed by atoms with Crippen molar-refractivity contribution in [1.82, 2.24) is 4.98 Å². The number of nitrogens with one attached hydrogen (secondary N) is 2. The average molecular weight is 256 g/mol. The van der Waals surface area contributed by atoms with Crippen LogP contribution in [0.15, 0.2) is 35.6 Å². The Morgan fingerprint density at radius 1 is 1.47 bits per heavy atom. The van der Waals surface area contributed by atoms with Crippen molar-refractivity contribution >= 4 is 22.5 Å². The number of aryl methyl sites for hydroxylation is 1. The molecule has 0 aliphatic rings. The molecule has 0 atom stereocenters. The molecular weight excluding hydrogens is 240 g/mol. The fraction of sp³-hybridized carbons (Fsp3) is 0.200. The fourth-order valence-corrected chi connectivity index (χ4v) is 2.12. The normalized spacial score (nSPS) is 10.4. The average Bonchev–Trinajstić information content (AvgIpc) is 2.35. The Labute approximate surface area is 111 Å². The number of amides is 1. The van der Waals surface area contributed by atoms with Crippen molar-refractivity contribution in [3.63, 3.8) is 0 Å². The molecule has 1 heterocycles. The van der Waals surface area contributed by atoms with Crippen LogP contribution in [0.25, 0.3) is 10.9 Å². The Kier molecular flexibility index (Phi) is 3.51. The second kappa shape index (κ2) is 5.10. The number of carbonyl (C=O) groups excluding carboxylic acids is 1. The van der Waals surface area contributed by atoms with Gasteiger partial charge in [-0.05, 0) is 31.5 Å². The first kappa shape index (κ1) is 13.1. The van der Waals surface area contributed by atoms with E-state index in [-0.39, 0.29) is 11.3 Å². The number of allylic oxidation sites excluding steroid dienone is 1. The molecule has 2 aromatic rings. The molecule has 0 fully saturated rings. The molecule has 0 aliphatic heterocycles. The smallest absolute Gasteiger partial charge is 0.221 e. The van der Waals surface area contributed by atoms with Crippen molar-refractivity contribution in [3.8, 4) is 0 Å². The topological polar surface area (TPSA) is 62.0 Å². The maximum absolute atomic E-state index is 12.4. The van der Waals surface area contributed by atoms with E-state index >= 15 is 0 Å². The van der Waals surface area contributed by atoms with Crippen LogP contribution in [0.2, 0.25) is 0 Å². The minimum atomic E-state index is -0.158. The summed E-state index contributed by atoms with van der Waals surface area (Å²) >= 11 is 0. The largest absolute Gasteiger partial charge is 0.358 e. The molecule has 4 nitrogen and oxygen atoms in total. The van der Waals surface area contributed by atoms with Gasteiger partial charge in [0.1, 0.15) is 0 Å². The summed E-state index contributed by atoms with van der Waals surface area (Å²) in [5.41, 5.74) is 2.94. The minimum Gasteiger partial charge on any atom is -0.358 e. The molecule has 0 aliphatic carbocycles. The number of anilines is 1. The molecule has 2 rings (SSSR count). The molecule has 0 bridgehead atoms. The predicted molar refractivity (Wildman–Crippen MR) is 77.5 cm³/mol. The zero-order valence-corrected chi connectivity index (χ0v) is 11.0. The van der Waals surface area contributed by atoms with Gasteiger partial charge < -0.3 is 10.3 Å². The van der Waals surface area contributed by atoms with Gasteiger partial charge in [-0.3, -0.25) is 9.59 Å². The molecular formula is C15H16N2O2. The lowest BCUT2D eigenvalue weighted by Crippen LogP contribution is -2.13. The molecule has 0 saturated heterocycles. The van der Waals surface area contributed by atoms with Gasteiger partial charge in [0, 0.05) is 34.8 Å². The first-order chi connectivity index (χ1) is 9.02. The van der Waals surface area contributed by atoms with E-state index in [9.17, 15) is 9.59 Å². The third-order valence-electron chi connectivity index (χ3n) is 2.98. The third-order valence-corrected chi connectivity index (χ3v) is 2.98. The highest BCUT2D eigenvalue weighted by Crippen LogP contribution is 2.17.